The maximum absolute atomic E-state index is 13.0. The third-order valence-electron chi connectivity index (χ3n) is 2.52. The van der Waals surface area contributed by atoms with E-state index in [1.807, 2.05) is 13.8 Å². The van der Waals surface area contributed by atoms with Crippen LogP contribution in [0.25, 0.3) is 0 Å². The zero-order chi connectivity index (χ0) is 13.2. The van der Waals surface area contributed by atoms with Crippen molar-refractivity contribution in [2.45, 2.75) is 37.5 Å². The molecule has 0 bridgehead atoms. The summed E-state index contributed by atoms with van der Waals surface area (Å²) in [5, 5.41) is -2.01. The van der Waals surface area contributed by atoms with Crippen LogP contribution in [0.3, 0.4) is 0 Å². The van der Waals surface area contributed by atoms with Gasteiger partial charge in [-0.1, -0.05) is 38.1 Å². The highest BCUT2D eigenvalue weighted by molar-refractivity contribution is 6.21. The second-order valence-corrected chi connectivity index (χ2v) is 4.60. The van der Waals surface area contributed by atoms with E-state index in [1.54, 1.807) is 12.1 Å². The lowest BCUT2D eigenvalue weighted by Gasteiger charge is -2.21. The predicted octanol–water partition coefficient (Wildman–Crippen LogP) is 4.99. The Hall–Kier alpha value is -0.770. The van der Waals surface area contributed by atoms with E-state index in [0.717, 1.165) is 5.56 Å². The van der Waals surface area contributed by atoms with Gasteiger partial charge in [-0.2, -0.15) is 8.78 Å². The van der Waals surface area contributed by atoms with Gasteiger partial charge in [0, 0.05) is 0 Å². The molecule has 96 valence electrons. The monoisotopic (exact) mass is 268 g/mol. The van der Waals surface area contributed by atoms with Gasteiger partial charge in [0.05, 0.1) is 0 Å². The Bertz CT molecular complexity index is 359. The van der Waals surface area contributed by atoms with Crippen molar-refractivity contribution in [3.63, 3.8) is 0 Å². The Morgan fingerprint density at radius 1 is 1.00 bits per heavy atom. The summed E-state index contributed by atoms with van der Waals surface area (Å²) in [5.41, 5.74) is 0.944. The van der Waals surface area contributed by atoms with Crippen LogP contribution in [-0.2, 0) is 0 Å². The molecule has 0 saturated carbocycles. The molecule has 1 rings (SSSR count). The van der Waals surface area contributed by atoms with Gasteiger partial charge in [0.15, 0.2) is 0 Å². The third kappa shape index (κ3) is 3.12. The SMILES string of the molecule is CC(C)c1ccc(C(Cl)C(F)(F)C(F)F)cc1. The summed E-state index contributed by atoms with van der Waals surface area (Å²) in [6.45, 7) is 3.89. The number of halogens is 5. The number of benzene rings is 1. The second-order valence-electron chi connectivity index (χ2n) is 4.16. The van der Waals surface area contributed by atoms with Crippen molar-refractivity contribution in [3.8, 4) is 0 Å². The van der Waals surface area contributed by atoms with Crippen LogP contribution in [-0.4, -0.2) is 12.3 Å². The van der Waals surface area contributed by atoms with Gasteiger partial charge in [-0.05, 0) is 17.0 Å². The van der Waals surface area contributed by atoms with Crippen LogP contribution in [0.2, 0.25) is 0 Å². The molecule has 0 aromatic heterocycles. The Morgan fingerprint density at radius 2 is 1.41 bits per heavy atom. The van der Waals surface area contributed by atoms with Gasteiger partial charge in [0.1, 0.15) is 5.38 Å². The topological polar surface area (TPSA) is 0 Å². The van der Waals surface area contributed by atoms with Crippen molar-refractivity contribution in [2.24, 2.45) is 0 Å². The molecule has 5 heteroatoms. The molecule has 0 N–H and O–H groups in total. The highest BCUT2D eigenvalue weighted by Crippen LogP contribution is 2.41. The van der Waals surface area contributed by atoms with Gasteiger partial charge in [-0.3, -0.25) is 0 Å². The fourth-order valence-electron chi connectivity index (χ4n) is 1.38. The van der Waals surface area contributed by atoms with Crippen molar-refractivity contribution in [3.05, 3.63) is 35.4 Å². The van der Waals surface area contributed by atoms with Gasteiger partial charge in [-0.25, -0.2) is 8.78 Å². The standard InChI is InChI=1S/C12H13ClF4/c1-7(2)8-3-5-9(6-4-8)10(13)12(16,17)11(14)15/h3-7,10-11H,1-2H3. The number of rotatable bonds is 4. The molecule has 0 radical (unpaired) electrons. The molecule has 0 fully saturated rings. The van der Waals surface area contributed by atoms with E-state index in [1.165, 1.54) is 12.1 Å². The molecular formula is C12H13ClF4. The summed E-state index contributed by atoms with van der Waals surface area (Å²) < 4.78 is 50.2. The molecule has 1 aromatic rings. The molecule has 0 amide bonds. The normalized spacial score (nSPS) is 14.4. The molecule has 0 aliphatic carbocycles. The lowest BCUT2D eigenvalue weighted by Crippen LogP contribution is -2.31. The minimum Gasteiger partial charge on any atom is -0.204 e. The number of hydrogen-bond acceptors (Lipinski definition) is 0. The van der Waals surface area contributed by atoms with Crippen molar-refractivity contribution >= 4 is 11.6 Å². The van der Waals surface area contributed by atoms with Gasteiger partial charge in [0.25, 0.3) is 0 Å². The first-order valence-corrected chi connectivity index (χ1v) is 5.60. The van der Waals surface area contributed by atoms with Crippen LogP contribution in [0.4, 0.5) is 17.6 Å². The molecule has 0 aliphatic rings. The molecule has 0 aliphatic heterocycles. The van der Waals surface area contributed by atoms with E-state index in [4.69, 9.17) is 11.6 Å². The van der Waals surface area contributed by atoms with Gasteiger partial charge in [-0.15, -0.1) is 11.6 Å². The van der Waals surface area contributed by atoms with Gasteiger partial charge >= 0.3 is 12.3 Å². The molecule has 1 atom stereocenters. The first-order chi connectivity index (χ1) is 7.76. The maximum atomic E-state index is 13.0. The predicted molar refractivity (Wildman–Crippen MR) is 60.1 cm³/mol. The lowest BCUT2D eigenvalue weighted by atomic mass is 9.99. The minimum atomic E-state index is -4.22. The van der Waals surface area contributed by atoms with E-state index in [-0.39, 0.29) is 11.5 Å². The van der Waals surface area contributed by atoms with Crippen LogP contribution in [0, 0.1) is 0 Å². The van der Waals surface area contributed by atoms with Gasteiger partial charge < -0.3 is 0 Å². The first-order valence-electron chi connectivity index (χ1n) is 5.16. The number of alkyl halides is 5. The molecule has 0 nitrogen and oxygen atoms in total. The van der Waals surface area contributed by atoms with E-state index in [9.17, 15) is 17.6 Å². The lowest BCUT2D eigenvalue weighted by molar-refractivity contribution is -0.130. The van der Waals surface area contributed by atoms with E-state index >= 15 is 0 Å². The van der Waals surface area contributed by atoms with Crippen LogP contribution in [0.5, 0.6) is 0 Å². The molecular weight excluding hydrogens is 256 g/mol. The third-order valence-corrected chi connectivity index (χ3v) is 3.07. The van der Waals surface area contributed by atoms with Crippen LogP contribution in [0.1, 0.15) is 36.3 Å². The quantitative estimate of drug-likeness (QED) is 0.533. The fourth-order valence-corrected chi connectivity index (χ4v) is 1.62. The molecule has 0 spiro atoms. The van der Waals surface area contributed by atoms with Crippen molar-refractivity contribution < 1.29 is 17.6 Å². The van der Waals surface area contributed by atoms with Crippen LogP contribution >= 0.6 is 11.6 Å². The fraction of sp³-hybridized carbons (Fsp3) is 0.500. The van der Waals surface area contributed by atoms with Crippen molar-refractivity contribution in [2.75, 3.05) is 0 Å². The molecule has 0 heterocycles. The molecule has 17 heavy (non-hydrogen) atoms. The zero-order valence-corrected chi connectivity index (χ0v) is 10.2. The number of hydrogen-bond donors (Lipinski definition) is 0. The largest absolute Gasteiger partial charge is 0.327 e. The Morgan fingerprint density at radius 3 is 1.76 bits per heavy atom. The van der Waals surface area contributed by atoms with E-state index in [0.29, 0.717) is 0 Å². The summed E-state index contributed by atoms with van der Waals surface area (Å²) in [6, 6.07) is 5.97. The Labute approximate surface area is 103 Å². The Balaban J connectivity index is 2.94. The maximum Gasteiger partial charge on any atom is 0.327 e. The van der Waals surface area contributed by atoms with Crippen LogP contribution in [0.15, 0.2) is 24.3 Å². The smallest absolute Gasteiger partial charge is 0.204 e. The first kappa shape index (κ1) is 14.3. The minimum absolute atomic E-state index is 0.00127. The highest BCUT2D eigenvalue weighted by Gasteiger charge is 2.48. The average molecular weight is 269 g/mol. The molecule has 1 aromatic carbocycles. The highest BCUT2D eigenvalue weighted by atomic mass is 35.5. The summed E-state index contributed by atoms with van der Waals surface area (Å²) in [7, 11) is 0. The van der Waals surface area contributed by atoms with E-state index < -0.39 is 17.7 Å². The van der Waals surface area contributed by atoms with Crippen molar-refractivity contribution in [1.82, 2.24) is 0 Å². The summed E-state index contributed by atoms with van der Waals surface area (Å²) in [5.74, 6) is -3.98. The van der Waals surface area contributed by atoms with Gasteiger partial charge in [0.2, 0.25) is 0 Å². The molecule has 0 saturated heterocycles. The van der Waals surface area contributed by atoms with Crippen LogP contribution < -0.4 is 0 Å². The zero-order valence-electron chi connectivity index (χ0n) is 9.43. The molecule has 1 unspecified atom stereocenters. The summed E-state index contributed by atoms with van der Waals surface area (Å²) in [6.07, 6.45) is -3.77. The van der Waals surface area contributed by atoms with E-state index in [2.05, 4.69) is 0 Å². The second kappa shape index (κ2) is 5.25. The summed E-state index contributed by atoms with van der Waals surface area (Å²) in [4.78, 5) is 0. The Kier molecular flexibility index (Phi) is 4.42. The average Bonchev–Trinajstić information content (AvgIpc) is 2.27. The van der Waals surface area contributed by atoms with Crippen molar-refractivity contribution in [1.29, 1.82) is 0 Å². The summed E-state index contributed by atoms with van der Waals surface area (Å²) >= 11 is 5.39.